The molecule has 2 aromatic heterocycles. The van der Waals surface area contributed by atoms with Gasteiger partial charge in [-0.1, -0.05) is 0 Å². The molecule has 7 rings (SSSR count). The second-order valence-electron chi connectivity index (χ2n) is 11.2. The van der Waals surface area contributed by atoms with E-state index < -0.39 is 0 Å². The zero-order valence-corrected chi connectivity index (χ0v) is 21.6. The highest BCUT2D eigenvalue weighted by molar-refractivity contribution is 5.82. The predicted octanol–water partition coefficient (Wildman–Crippen LogP) is 3.29. The first-order valence-corrected chi connectivity index (χ1v) is 13.8. The van der Waals surface area contributed by atoms with Crippen LogP contribution in [0.5, 0.6) is 0 Å². The molecule has 6 heterocycles. The fraction of sp³-hybridized carbons (Fsp3) is 0.607. The third kappa shape index (κ3) is 3.99. The Morgan fingerprint density at radius 3 is 2.44 bits per heavy atom. The lowest BCUT2D eigenvalue weighted by Gasteiger charge is -2.41. The van der Waals surface area contributed by atoms with E-state index >= 15 is 0 Å². The Morgan fingerprint density at radius 1 is 0.833 bits per heavy atom. The molecule has 4 aliphatic rings. The van der Waals surface area contributed by atoms with E-state index in [4.69, 9.17) is 19.8 Å². The largest absolute Gasteiger partial charge is 0.378 e. The summed E-state index contributed by atoms with van der Waals surface area (Å²) in [5.74, 6) is 3.31. The number of rotatable bonds is 4. The molecule has 4 aliphatic heterocycles. The summed E-state index contributed by atoms with van der Waals surface area (Å²) in [6, 6.07) is 8.15. The van der Waals surface area contributed by atoms with Crippen molar-refractivity contribution < 1.29 is 4.74 Å². The first kappa shape index (κ1) is 22.6. The Bertz CT molecular complexity index is 1260. The zero-order valence-electron chi connectivity index (χ0n) is 21.6. The number of nitrogens with zero attached hydrogens (tertiary/aromatic N) is 7. The average Bonchev–Trinajstić information content (AvgIpc) is 3.49. The van der Waals surface area contributed by atoms with Crippen LogP contribution in [0, 0.1) is 13.8 Å². The summed E-state index contributed by atoms with van der Waals surface area (Å²) in [5, 5.41) is 5.98. The number of hydrogen-bond acceptors (Lipinski definition) is 7. The number of likely N-dealkylation sites (tertiary alicyclic amines) is 1. The molecule has 0 spiro atoms. The first-order valence-electron chi connectivity index (χ1n) is 13.8. The Balaban J connectivity index is 1.18. The highest BCUT2D eigenvalue weighted by Crippen LogP contribution is 2.35. The van der Waals surface area contributed by atoms with Gasteiger partial charge in [0.15, 0.2) is 5.82 Å². The van der Waals surface area contributed by atoms with E-state index in [1.54, 1.807) is 0 Å². The van der Waals surface area contributed by atoms with E-state index in [9.17, 15) is 0 Å². The minimum absolute atomic E-state index is 0.598. The van der Waals surface area contributed by atoms with Gasteiger partial charge < -0.3 is 9.64 Å². The van der Waals surface area contributed by atoms with Crippen LogP contribution < -0.4 is 4.90 Å². The molecule has 1 aromatic carbocycles. The van der Waals surface area contributed by atoms with Crippen molar-refractivity contribution in [3.63, 3.8) is 0 Å². The molecule has 0 radical (unpaired) electrons. The highest BCUT2D eigenvalue weighted by atomic mass is 16.5. The molecule has 0 amide bonds. The summed E-state index contributed by atoms with van der Waals surface area (Å²) in [7, 11) is 0. The number of fused-ring (bicyclic) bond motifs is 2. The number of hydrogen-bond donors (Lipinski definition) is 0. The normalized spacial score (nSPS) is 24.4. The van der Waals surface area contributed by atoms with Crippen LogP contribution in [0.2, 0.25) is 0 Å². The standard InChI is InChI=1S/C28H37N7O/c1-19-12-22-15-29-35(26(22)13-25(19)21-5-8-33(9-6-21)24-17-36-18-24)28-14-27(30-20(2)31-28)34-11-10-32-7-3-4-23(32)16-34/h12-15,21,23-24H,3-11,16-18H2,1-2H3/t23-/m1/s1. The molecule has 8 heteroatoms. The van der Waals surface area contributed by atoms with Gasteiger partial charge in [0.25, 0.3) is 0 Å². The quantitative estimate of drug-likeness (QED) is 0.560. The van der Waals surface area contributed by atoms with E-state index in [1.807, 2.05) is 17.8 Å². The smallest absolute Gasteiger partial charge is 0.159 e. The fourth-order valence-electron chi connectivity index (χ4n) is 6.84. The molecule has 1 atom stereocenters. The average molecular weight is 488 g/mol. The van der Waals surface area contributed by atoms with Crippen LogP contribution in [0.15, 0.2) is 24.4 Å². The maximum absolute atomic E-state index is 5.42. The van der Waals surface area contributed by atoms with Gasteiger partial charge in [0.05, 0.1) is 31.0 Å². The predicted molar refractivity (Wildman–Crippen MR) is 141 cm³/mol. The Hall–Kier alpha value is -2.55. The maximum Gasteiger partial charge on any atom is 0.159 e. The topological polar surface area (TPSA) is 62.6 Å². The second kappa shape index (κ2) is 9.08. The van der Waals surface area contributed by atoms with Crippen molar-refractivity contribution in [2.75, 3.05) is 57.4 Å². The van der Waals surface area contributed by atoms with E-state index in [2.05, 4.69) is 39.8 Å². The molecule has 0 N–H and O–H groups in total. The Kier molecular flexibility index (Phi) is 5.71. The van der Waals surface area contributed by atoms with Crippen molar-refractivity contribution in [2.45, 2.75) is 57.5 Å². The van der Waals surface area contributed by atoms with Crippen molar-refractivity contribution in [2.24, 2.45) is 0 Å². The van der Waals surface area contributed by atoms with Gasteiger partial charge in [0.2, 0.25) is 0 Å². The lowest BCUT2D eigenvalue weighted by atomic mass is 9.85. The van der Waals surface area contributed by atoms with E-state index in [0.717, 1.165) is 68.9 Å². The van der Waals surface area contributed by atoms with E-state index in [-0.39, 0.29) is 0 Å². The number of anilines is 1. The first-order chi connectivity index (χ1) is 17.6. The minimum Gasteiger partial charge on any atom is -0.378 e. The molecule has 3 aromatic rings. The number of benzene rings is 1. The third-order valence-corrected chi connectivity index (χ3v) is 9.00. The van der Waals surface area contributed by atoms with Crippen LogP contribution in [0.25, 0.3) is 16.7 Å². The van der Waals surface area contributed by atoms with Gasteiger partial charge in [-0.2, -0.15) is 5.10 Å². The summed E-state index contributed by atoms with van der Waals surface area (Å²) in [5.41, 5.74) is 3.99. The van der Waals surface area contributed by atoms with Crippen molar-refractivity contribution in [1.29, 1.82) is 0 Å². The molecule has 4 saturated heterocycles. The maximum atomic E-state index is 5.42. The number of aromatic nitrogens is 4. The molecule has 0 saturated carbocycles. The van der Waals surface area contributed by atoms with Crippen molar-refractivity contribution in [3.8, 4) is 5.82 Å². The van der Waals surface area contributed by atoms with Crippen molar-refractivity contribution >= 4 is 16.7 Å². The van der Waals surface area contributed by atoms with Gasteiger partial charge >= 0.3 is 0 Å². The van der Waals surface area contributed by atoms with Gasteiger partial charge in [-0.3, -0.25) is 9.80 Å². The summed E-state index contributed by atoms with van der Waals surface area (Å²) < 4.78 is 7.45. The molecule has 190 valence electrons. The highest BCUT2D eigenvalue weighted by Gasteiger charge is 2.32. The fourth-order valence-corrected chi connectivity index (χ4v) is 6.84. The molecule has 4 fully saturated rings. The lowest BCUT2D eigenvalue weighted by molar-refractivity contribution is -0.0712. The van der Waals surface area contributed by atoms with Gasteiger partial charge in [0, 0.05) is 37.1 Å². The minimum atomic E-state index is 0.598. The number of piperidine rings is 1. The Labute approximate surface area is 213 Å². The van der Waals surface area contributed by atoms with Crippen LogP contribution in [0.3, 0.4) is 0 Å². The molecule has 0 bridgehead atoms. The molecule has 36 heavy (non-hydrogen) atoms. The van der Waals surface area contributed by atoms with Crippen LogP contribution in [0.1, 0.15) is 48.6 Å². The number of piperazine rings is 1. The van der Waals surface area contributed by atoms with Crippen molar-refractivity contribution in [3.05, 3.63) is 41.3 Å². The zero-order chi connectivity index (χ0) is 24.2. The summed E-state index contributed by atoms with van der Waals surface area (Å²) in [6.45, 7) is 12.9. The van der Waals surface area contributed by atoms with Crippen LogP contribution in [0.4, 0.5) is 5.82 Å². The summed E-state index contributed by atoms with van der Waals surface area (Å²) in [4.78, 5) is 17.4. The molecule has 0 unspecified atom stereocenters. The molecule has 0 aliphatic carbocycles. The van der Waals surface area contributed by atoms with Crippen molar-refractivity contribution in [1.82, 2.24) is 29.5 Å². The lowest BCUT2D eigenvalue weighted by Crippen LogP contribution is -2.51. The monoisotopic (exact) mass is 487 g/mol. The van der Waals surface area contributed by atoms with Gasteiger partial charge in [-0.15, -0.1) is 0 Å². The Morgan fingerprint density at radius 2 is 1.64 bits per heavy atom. The summed E-state index contributed by atoms with van der Waals surface area (Å²) >= 11 is 0. The van der Waals surface area contributed by atoms with Crippen LogP contribution in [-0.2, 0) is 4.74 Å². The van der Waals surface area contributed by atoms with Gasteiger partial charge in [0.1, 0.15) is 11.6 Å². The number of aryl methyl sites for hydroxylation is 2. The van der Waals surface area contributed by atoms with Crippen LogP contribution >= 0.6 is 0 Å². The molecular weight excluding hydrogens is 450 g/mol. The van der Waals surface area contributed by atoms with E-state index in [0.29, 0.717) is 18.0 Å². The van der Waals surface area contributed by atoms with Crippen LogP contribution in [-0.4, -0.2) is 94.1 Å². The van der Waals surface area contributed by atoms with Gasteiger partial charge in [-0.05, 0) is 88.3 Å². The summed E-state index contributed by atoms with van der Waals surface area (Å²) in [6.07, 6.45) is 7.02. The van der Waals surface area contributed by atoms with E-state index in [1.165, 1.54) is 48.7 Å². The molecule has 8 nitrogen and oxygen atoms in total. The van der Waals surface area contributed by atoms with Gasteiger partial charge in [-0.25, -0.2) is 14.6 Å². The number of ether oxygens (including phenoxy) is 1. The second-order valence-corrected chi connectivity index (χ2v) is 11.2. The third-order valence-electron chi connectivity index (χ3n) is 9.00. The SMILES string of the molecule is Cc1nc(N2CCN3CCC[C@@H]3C2)cc(-n2ncc3cc(C)c(C4CCN(C5COC5)CC4)cc32)n1. The molecular formula is C28H37N7O.